The number of amides is 1. The van der Waals surface area contributed by atoms with Crippen molar-refractivity contribution in [3.63, 3.8) is 0 Å². The number of nitrogen functional groups attached to an aromatic ring is 1. The molecule has 0 unspecified atom stereocenters. The van der Waals surface area contributed by atoms with Crippen LogP contribution in [0.1, 0.15) is 42.6 Å². The second-order valence-corrected chi connectivity index (χ2v) is 4.16. The molecule has 0 bridgehead atoms. The number of hydrogen-bond acceptors (Lipinski definition) is 2. The minimum absolute atomic E-state index is 0.119. The third-order valence-electron chi connectivity index (χ3n) is 2.97. The molecule has 0 atom stereocenters. The highest BCUT2D eigenvalue weighted by Crippen LogP contribution is 2.17. The standard InChI is InChI=1S/C13H19FN2O/c1-4-10(5-2)16-13(17)9-6-11(14)8(3)12(15)7-9/h6-7,10H,4-5,15H2,1-3H3,(H,16,17). The topological polar surface area (TPSA) is 55.1 Å². The maximum absolute atomic E-state index is 13.4. The van der Waals surface area contributed by atoms with Crippen molar-refractivity contribution in [1.29, 1.82) is 0 Å². The maximum Gasteiger partial charge on any atom is 0.251 e. The van der Waals surface area contributed by atoms with Gasteiger partial charge in [0.25, 0.3) is 5.91 Å². The summed E-state index contributed by atoms with van der Waals surface area (Å²) in [4.78, 5) is 11.9. The Hall–Kier alpha value is -1.58. The molecule has 0 aliphatic heterocycles. The van der Waals surface area contributed by atoms with Crippen LogP contribution in [0, 0.1) is 12.7 Å². The van der Waals surface area contributed by atoms with Gasteiger partial charge in [-0.1, -0.05) is 13.8 Å². The molecule has 0 aliphatic rings. The van der Waals surface area contributed by atoms with E-state index in [4.69, 9.17) is 5.73 Å². The van der Waals surface area contributed by atoms with Gasteiger partial charge in [0.1, 0.15) is 5.82 Å². The lowest BCUT2D eigenvalue weighted by Crippen LogP contribution is -2.33. The fourth-order valence-electron chi connectivity index (χ4n) is 1.59. The summed E-state index contributed by atoms with van der Waals surface area (Å²) in [5.74, 6) is -0.719. The van der Waals surface area contributed by atoms with Gasteiger partial charge in [-0.15, -0.1) is 0 Å². The Morgan fingerprint density at radius 2 is 2.00 bits per heavy atom. The van der Waals surface area contributed by atoms with Crippen LogP contribution in [0.5, 0.6) is 0 Å². The molecule has 17 heavy (non-hydrogen) atoms. The summed E-state index contributed by atoms with van der Waals surface area (Å²) in [6.07, 6.45) is 1.71. The Labute approximate surface area is 101 Å². The summed E-state index contributed by atoms with van der Waals surface area (Å²) in [6, 6.07) is 2.85. The van der Waals surface area contributed by atoms with Crippen molar-refractivity contribution in [1.82, 2.24) is 5.32 Å². The van der Waals surface area contributed by atoms with E-state index in [-0.39, 0.29) is 17.5 Å². The average molecular weight is 238 g/mol. The molecule has 0 aromatic heterocycles. The first kappa shape index (κ1) is 13.5. The van der Waals surface area contributed by atoms with E-state index < -0.39 is 5.82 Å². The van der Waals surface area contributed by atoms with Crippen LogP contribution in [0.15, 0.2) is 12.1 Å². The quantitative estimate of drug-likeness (QED) is 0.792. The summed E-state index contributed by atoms with van der Waals surface area (Å²) in [7, 11) is 0. The second-order valence-electron chi connectivity index (χ2n) is 4.16. The molecule has 0 aliphatic carbocycles. The number of hydrogen-bond donors (Lipinski definition) is 2. The third kappa shape index (κ3) is 3.19. The van der Waals surface area contributed by atoms with Crippen LogP contribution >= 0.6 is 0 Å². The number of carbonyl (C=O) groups excluding carboxylic acids is 1. The van der Waals surface area contributed by atoms with Gasteiger partial charge in [-0.25, -0.2) is 4.39 Å². The number of carbonyl (C=O) groups is 1. The van der Waals surface area contributed by atoms with E-state index in [9.17, 15) is 9.18 Å². The van der Waals surface area contributed by atoms with Crippen molar-refractivity contribution in [3.8, 4) is 0 Å². The van der Waals surface area contributed by atoms with Crippen LogP contribution in [-0.4, -0.2) is 11.9 Å². The molecule has 0 radical (unpaired) electrons. The van der Waals surface area contributed by atoms with E-state index in [0.29, 0.717) is 11.3 Å². The van der Waals surface area contributed by atoms with E-state index in [1.807, 2.05) is 13.8 Å². The predicted octanol–water partition coefficient (Wildman–Crippen LogP) is 2.63. The smallest absolute Gasteiger partial charge is 0.251 e. The highest BCUT2D eigenvalue weighted by molar-refractivity contribution is 5.95. The molecule has 0 spiro atoms. The molecule has 0 fully saturated rings. The summed E-state index contributed by atoms with van der Waals surface area (Å²) in [6.45, 7) is 5.59. The molecular weight excluding hydrogens is 219 g/mol. The minimum atomic E-state index is -0.445. The molecule has 1 aromatic carbocycles. The van der Waals surface area contributed by atoms with Crippen molar-refractivity contribution < 1.29 is 9.18 Å². The zero-order valence-electron chi connectivity index (χ0n) is 10.5. The number of anilines is 1. The Kier molecular flexibility index (Phi) is 4.49. The van der Waals surface area contributed by atoms with Crippen LogP contribution in [-0.2, 0) is 0 Å². The molecule has 0 saturated heterocycles. The number of nitrogens with one attached hydrogen (secondary N) is 1. The van der Waals surface area contributed by atoms with Gasteiger partial charge in [-0.2, -0.15) is 0 Å². The van der Waals surface area contributed by atoms with Crippen molar-refractivity contribution in [2.24, 2.45) is 0 Å². The molecule has 3 N–H and O–H groups in total. The van der Waals surface area contributed by atoms with Crippen molar-refractivity contribution in [2.45, 2.75) is 39.7 Å². The highest BCUT2D eigenvalue weighted by Gasteiger charge is 2.13. The highest BCUT2D eigenvalue weighted by atomic mass is 19.1. The van der Waals surface area contributed by atoms with Crippen LogP contribution in [0.3, 0.4) is 0 Å². The molecule has 94 valence electrons. The predicted molar refractivity (Wildman–Crippen MR) is 67.4 cm³/mol. The lowest BCUT2D eigenvalue weighted by Gasteiger charge is -2.15. The molecule has 0 heterocycles. The fraction of sp³-hybridized carbons (Fsp3) is 0.462. The molecule has 1 aromatic rings. The van der Waals surface area contributed by atoms with Gasteiger partial charge >= 0.3 is 0 Å². The van der Waals surface area contributed by atoms with Crippen LogP contribution in [0.25, 0.3) is 0 Å². The Morgan fingerprint density at radius 3 is 2.47 bits per heavy atom. The van der Waals surface area contributed by atoms with Gasteiger partial charge in [0.05, 0.1) is 0 Å². The van der Waals surface area contributed by atoms with E-state index >= 15 is 0 Å². The first-order valence-corrected chi connectivity index (χ1v) is 5.86. The minimum Gasteiger partial charge on any atom is -0.398 e. The molecule has 4 heteroatoms. The van der Waals surface area contributed by atoms with Gasteiger partial charge in [0.2, 0.25) is 0 Å². The fourth-order valence-corrected chi connectivity index (χ4v) is 1.59. The summed E-state index contributed by atoms with van der Waals surface area (Å²) >= 11 is 0. The Bertz CT molecular complexity index is 391. The largest absolute Gasteiger partial charge is 0.398 e. The number of nitrogens with two attached hydrogens (primary N) is 1. The summed E-state index contributed by atoms with van der Waals surface area (Å²) in [5.41, 5.74) is 6.59. The van der Waals surface area contributed by atoms with E-state index in [1.54, 1.807) is 6.92 Å². The zero-order valence-corrected chi connectivity index (χ0v) is 10.5. The first-order chi connectivity index (χ1) is 7.99. The second kappa shape index (κ2) is 5.66. The van der Waals surface area contributed by atoms with Crippen LogP contribution in [0.2, 0.25) is 0 Å². The van der Waals surface area contributed by atoms with Crippen LogP contribution in [0.4, 0.5) is 10.1 Å². The van der Waals surface area contributed by atoms with Crippen molar-refractivity contribution >= 4 is 11.6 Å². The van der Waals surface area contributed by atoms with Gasteiger partial charge < -0.3 is 11.1 Å². The van der Waals surface area contributed by atoms with E-state index in [0.717, 1.165) is 12.8 Å². The van der Waals surface area contributed by atoms with Gasteiger partial charge in [-0.3, -0.25) is 4.79 Å². The Balaban J connectivity index is 2.90. The maximum atomic E-state index is 13.4. The number of benzene rings is 1. The normalized spacial score (nSPS) is 10.6. The van der Waals surface area contributed by atoms with Gasteiger partial charge in [-0.05, 0) is 31.9 Å². The molecule has 0 saturated carbocycles. The lowest BCUT2D eigenvalue weighted by molar-refractivity contribution is 0.0934. The van der Waals surface area contributed by atoms with Gasteiger partial charge in [0, 0.05) is 22.9 Å². The monoisotopic (exact) mass is 238 g/mol. The van der Waals surface area contributed by atoms with E-state index in [1.165, 1.54) is 12.1 Å². The van der Waals surface area contributed by atoms with Crippen molar-refractivity contribution in [3.05, 3.63) is 29.1 Å². The SMILES string of the molecule is CCC(CC)NC(=O)c1cc(N)c(C)c(F)c1. The molecule has 1 amide bonds. The zero-order chi connectivity index (χ0) is 13.0. The van der Waals surface area contributed by atoms with Gasteiger partial charge in [0.15, 0.2) is 0 Å². The molecule has 3 nitrogen and oxygen atoms in total. The van der Waals surface area contributed by atoms with Crippen LogP contribution < -0.4 is 11.1 Å². The summed E-state index contributed by atoms with van der Waals surface area (Å²) < 4.78 is 13.4. The third-order valence-corrected chi connectivity index (χ3v) is 2.97. The number of rotatable bonds is 4. The first-order valence-electron chi connectivity index (χ1n) is 5.86. The number of halogens is 1. The van der Waals surface area contributed by atoms with E-state index in [2.05, 4.69) is 5.32 Å². The lowest BCUT2D eigenvalue weighted by atomic mass is 10.1. The summed E-state index contributed by atoms with van der Waals surface area (Å²) in [5, 5.41) is 2.85. The Morgan fingerprint density at radius 1 is 1.41 bits per heavy atom. The van der Waals surface area contributed by atoms with Crippen molar-refractivity contribution in [2.75, 3.05) is 5.73 Å². The molecular formula is C13H19FN2O. The average Bonchev–Trinajstić information content (AvgIpc) is 2.31. The molecule has 1 rings (SSSR count).